The Morgan fingerprint density at radius 1 is 0.640 bits per heavy atom. The van der Waals surface area contributed by atoms with Crippen molar-refractivity contribution in [2.24, 2.45) is 0 Å². The molecule has 25 heavy (non-hydrogen) atoms. The van der Waals surface area contributed by atoms with Gasteiger partial charge in [-0.3, -0.25) is 13.7 Å². The average Bonchev–Trinajstić information content (AvgIpc) is 2.33. The van der Waals surface area contributed by atoms with Gasteiger partial charge in [-0.15, -0.1) is 0 Å². The molecule has 0 amide bonds. The van der Waals surface area contributed by atoms with Crippen LogP contribution in [0.3, 0.4) is 0 Å². The van der Waals surface area contributed by atoms with E-state index in [4.69, 9.17) is 13.7 Å². The van der Waals surface area contributed by atoms with Crippen LogP contribution in [0.4, 0.5) is 0 Å². The Labute approximate surface area is 187 Å². The summed E-state index contributed by atoms with van der Waals surface area (Å²) in [5.74, 6) is -0.954. The van der Waals surface area contributed by atoms with Gasteiger partial charge in [0.05, 0.1) is 9.79 Å². The van der Waals surface area contributed by atoms with Gasteiger partial charge in [0.2, 0.25) is 0 Å². The minimum atomic E-state index is -5.03. The summed E-state index contributed by atoms with van der Waals surface area (Å²) in [6, 6.07) is 2.22. The predicted octanol–water partition coefficient (Wildman–Crippen LogP) is -1.01. The number of benzene rings is 2. The first-order valence-electron chi connectivity index (χ1n) is 5.44. The molecular weight excluding hydrogens is 422 g/mol. The Hall–Kier alpha value is 0.230. The molecule has 0 aliphatic heterocycles. The van der Waals surface area contributed by atoms with Crippen LogP contribution in [-0.2, 0) is 30.4 Å². The zero-order chi connectivity index (χ0) is 17.8. The Balaban J connectivity index is 0.00000288. The van der Waals surface area contributed by atoms with Crippen molar-refractivity contribution in [3.8, 4) is 5.75 Å². The summed E-state index contributed by atoms with van der Waals surface area (Å²) in [5.41, 5.74) is 0. The van der Waals surface area contributed by atoms with Crippen LogP contribution in [0.15, 0.2) is 39.0 Å². The number of fused-ring (bicyclic) bond motifs is 1. The van der Waals surface area contributed by atoms with Crippen molar-refractivity contribution < 1.29 is 44.0 Å². The Bertz CT molecular complexity index is 1130. The number of hydrogen-bond donors (Lipinski definition) is 4. The second-order valence-corrected chi connectivity index (χ2v) is 8.62. The van der Waals surface area contributed by atoms with Crippen molar-refractivity contribution in [1.82, 2.24) is 0 Å². The first-order valence-corrected chi connectivity index (χ1v) is 9.76. The summed E-state index contributed by atoms with van der Waals surface area (Å²) < 4.78 is 94.4. The van der Waals surface area contributed by atoms with E-state index in [-0.39, 0.29) is 59.1 Å². The summed E-state index contributed by atoms with van der Waals surface area (Å²) in [5, 5.41) is 8.73. The molecule has 0 heterocycles. The Morgan fingerprint density at radius 2 is 1.04 bits per heavy atom. The van der Waals surface area contributed by atoms with Crippen LogP contribution < -0.4 is 0 Å². The van der Waals surface area contributed by atoms with Crippen LogP contribution in [0, 0.1) is 0 Å². The van der Waals surface area contributed by atoms with E-state index < -0.39 is 61.6 Å². The maximum absolute atomic E-state index is 11.4. The molecule has 0 aliphatic carbocycles. The third kappa shape index (κ3) is 5.60. The van der Waals surface area contributed by atoms with Crippen molar-refractivity contribution in [2.75, 3.05) is 0 Å². The summed E-state index contributed by atoms with van der Waals surface area (Å²) in [6.07, 6.45) is 0. The number of rotatable bonds is 3. The monoisotopic (exact) mass is 432 g/mol. The van der Waals surface area contributed by atoms with Gasteiger partial charge in [-0.1, -0.05) is 0 Å². The fourth-order valence-corrected chi connectivity index (χ4v) is 3.81. The van der Waals surface area contributed by atoms with Gasteiger partial charge in [0.25, 0.3) is 30.4 Å². The van der Waals surface area contributed by atoms with E-state index in [1.165, 1.54) is 0 Å². The number of aromatic hydroxyl groups is 1. The van der Waals surface area contributed by atoms with Gasteiger partial charge >= 0.3 is 59.1 Å². The van der Waals surface area contributed by atoms with Crippen molar-refractivity contribution in [1.29, 1.82) is 0 Å². The molecule has 10 nitrogen and oxygen atoms in total. The standard InChI is InChI=1S/C10H8O10S3.2Na.2H/c11-8-3-6(21(12,13)14)1-5-2-7(22(15,16)17)4-9(10(5)8)23(18,19)20;;;;/h1-4,11H,(H,12,13,14)(H,15,16,17)(H,18,19,20);;;;. The number of phenolic OH excluding ortho intramolecular Hbond substituents is 1. The van der Waals surface area contributed by atoms with Gasteiger partial charge in [-0.25, -0.2) is 0 Å². The molecule has 0 bridgehead atoms. The molecule has 0 aliphatic rings. The number of phenols is 1. The van der Waals surface area contributed by atoms with Crippen LogP contribution >= 0.6 is 0 Å². The van der Waals surface area contributed by atoms with E-state index >= 15 is 0 Å². The quantitative estimate of drug-likeness (QED) is 0.346. The Morgan fingerprint density at radius 3 is 1.40 bits per heavy atom. The van der Waals surface area contributed by atoms with E-state index in [9.17, 15) is 30.4 Å². The average molecular weight is 432 g/mol. The molecule has 0 saturated carbocycles. The van der Waals surface area contributed by atoms with Crippen molar-refractivity contribution in [2.45, 2.75) is 14.7 Å². The van der Waals surface area contributed by atoms with Crippen molar-refractivity contribution in [3.63, 3.8) is 0 Å². The SMILES string of the molecule is O=S(=O)(O)c1cc(O)c2c(S(=O)(=O)O)cc(S(=O)(=O)O)cc2c1.[NaH].[NaH]. The fourth-order valence-electron chi connectivity index (χ4n) is 1.90. The van der Waals surface area contributed by atoms with Gasteiger partial charge < -0.3 is 5.11 Å². The van der Waals surface area contributed by atoms with Gasteiger partial charge in [-0.2, -0.15) is 25.3 Å². The molecule has 0 aromatic heterocycles. The molecule has 0 spiro atoms. The van der Waals surface area contributed by atoms with Gasteiger partial charge in [-0.05, 0) is 23.6 Å². The Kier molecular flexibility index (Phi) is 8.15. The van der Waals surface area contributed by atoms with Crippen LogP contribution in [0.5, 0.6) is 5.75 Å². The second-order valence-electron chi connectivity index (χ2n) is 4.39. The molecule has 0 atom stereocenters. The first kappa shape index (κ1) is 25.2. The first-order chi connectivity index (χ1) is 10.2. The molecule has 130 valence electrons. The molecule has 2 aromatic rings. The van der Waals surface area contributed by atoms with Crippen LogP contribution in [0.2, 0.25) is 0 Å². The van der Waals surface area contributed by atoms with E-state index in [2.05, 4.69) is 0 Å². The zero-order valence-electron chi connectivity index (χ0n) is 10.8. The fraction of sp³-hybridized carbons (Fsp3) is 0. The molecule has 2 rings (SSSR count). The zero-order valence-corrected chi connectivity index (χ0v) is 13.2. The van der Waals surface area contributed by atoms with Gasteiger partial charge in [0.1, 0.15) is 10.6 Å². The van der Waals surface area contributed by atoms with Crippen LogP contribution in [0.1, 0.15) is 0 Å². The van der Waals surface area contributed by atoms with Crippen LogP contribution in [-0.4, -0.2) is 103 Å². The van der Waals surface area contributed by atoms with E-state index in [1.807, 2.05) is 0 Å². The van der Waals surface area contributed by atoms with E-state index in [0.717, 1.165) is 0 Å². The second kappa shape index (κ2) is 8.08. The van der Waals surface area contributed by atoms with Crippen LogP contribution in [0.25, 0.3) is 10.8 Å². The third-order valence-electron chi connectivity index (χ3n) is 2.81. The molecule has 15 heteroatoms. The molecule has 2 aromatic carbocycles. The van der Waals surface area contributed by atoms with Crippen molar-refractivity contribution in [3.05, 3.63) is 24.3 Å². The topological polar surface area (TPSA) is 183 Å². The summed E-state index contributed by atoms with van der Waals surface area (Å²) in [6.45, 7) is 0. The molecule has 0 fully saturated rings. The molecule has 4 N–H and O–H groups in total. The molecule has 0 radical (unpaired) electrons. The van der Waals surface area contributed by atoms with Gasteiger partial charge in [0, 0.05) is 11.5 Å². The summed E-state index contributed by atoms with van der Waals surface area (Å²) in [7, 11) is -14.7. The number of hydrogen-bond acceptors (Lipinski definition) is 7. The van der Waals surface area contributed by atoms with E-state index in [1.54, 1.807) is 0 Å². The predicted molar refractivity (Wildman–Crippen MR) is 89.4 cm³/mol. The van der Waals surface area contributed by atoms with Gasteiger partial charge in [0.15, 0.2) is 0 Å². The molecule has 0 saturated heterocycles. The summed E-state index contributed by atoms with van der Waals surface area (Å²) in [4.78, 5) is -2.89. The maximum atomic E-state index is 11.4. The van der Waals surface area contributed by atoms with E-state index in [0.29, 0.717) is 24.3 Å². The minimum absolute atomic E-state index is 0. The summed E-state index contributed by atoms with van der Waals surface area (Å²) >= 11 is 0. The molecular formula is C10H10Na2O10S3. The normalized spacial score (nSPS) is 12.3. The molecule has 0 unspecified atom stereocenters. The van der Waals surface area contributed by atoms with Crippen molar-refractivity contribution >= 4 is 100 Å². The third-order valence-corrected chi connectivity index (χ3v) is 5.35.